The maximum atomic E-state index is 12.7. The molecule has 0 atom stereocenters. The van der Waals surface area contributed by atoms with Crippen molar-refractivity contribution < 1.29 is 20.4 Å². The van der Waals surface area contributed by atoms with Gasteiger partial charge in [-0.2, -0.15) is 0 Å². The molecule has 8 nitrogen and oxygen atoms in total. The van der Waals surface area contributed by atoms with Gasteiger partial charge in [-0.1, -0.05) is 107 Å². The number of para-hydroxylation sites is 4. The Morgan fingerprint density at radius 3 is 1.31 bits per heavy atom. The molecule has 0 spiro atoms. The third-order valence-corrected chi connectivity index (χ3v) is 12.4. The molecule has 7 aromatic rings. The van der Waals surface area contributed by atoms with Crippen molar-refractivity contribution in [1.29, 1.82) is 0 Å². The van der Waals surface area contributed by atoms with Crippen molar-refractivity contribution in [2.75, 3.05) is 0 Å². The lowest BCUT2D eigenvalue weighted by molar-refractivity contribution is 0.461. The lowest BCUT2D eigenvalue weighted by atomic mass is 9.81. The van der Waals surface area contributed by atoms with Crippen LogP contribution in [0.3, 0.4) is 0 Å². The third-order valence-electron chi connectivity index (χ3n) is 12.4. The summed E-state index contributed by atoms with van der Waals surface area (Å²) in [5.74, 6) is 0.440. The van der Waals surface area contributed by atoms with Crippen molar-refractivity contribution in [3.05, 3.63) is 136 Å². The van der Waals surface area contributed by atoms with E-state index in [0.29, 0.717) is 61.7 Å². The van der Waals surface area contributed by atoms with E-state index in [1.165, 1.54) is 0 Å². The lowest BCUT2D eigenvalue weighted by Gasteiger charge is -2.26. The van der Waals surface area contributed by atoms with Crippen LogP contribution in [0.25, 0.3) is 44.7 Å². The fourth-order valence-electron chi connectivity index (χ4n) is 8.26. The first-order valence-electron chi connectivity index (χ1n) is 22.0. The predicted octanol–water partition coefficient (Wildman–Crippen LogP) is 13.9. The van der Waals surface area contributed by atoms with Gasteiger partial charge in [0.1, 0.15) is 28.8 Å². The number of nitrogens with zero attached hydrogens (tertiary/aromatic N) is 4. The quantitative estimate of drug-likeness (QED) is 0.121. The first kappa shape index (κ1) is 44.0. The van der Waals surface area contributed by atoms with Crippen LogP contribution in [0.5, 0.6) is 23.0 Å². The monoisotopic (exact) mass is 852 g/mol. The van der Waals surface area contributed by atoms with Gasteiger partial charge in [-0.25, -0.2) is 4.98 Å². The summed E-state index contributed by atoms with van der Waals surface area (Å²) in [5, 5.41) is 49.9. The van der Waals surface area contributed by atoms with Gasteiger partial charge in [0.25, 0.3) is 0 Å². The second-order valence-corrected chi connectivity index (χ2v) is 21.4. The summed E-state index contributed by atoms with van der Waals surface area (Å²) in [4.78, 5) is 15.0. The van der Waals surface area contributed by atoms with Gasteiger partial charge in [0.2, 0.25) is 0 Å². The number of phenols is 4. The van der Waals surface area contributed by atoms with Crippen LogP contribution in [0.4, 0.5) is 11.4 Å². The van der Waals surface area contributed by atoms with E-state index in [2.05, 4.69) is 83.1 Å². The normalized spacial score (nSPS) is 13.4. The molecule has 8 heteroatoms. The molecule has 0 aliphatic carbocycles. The summed E-state index contributed by atoms with van der Waals surface area (Å²) in [6.45, 7) is 25.7. The summed E-state index contributed by atoms with van der Waals surface area (Å²) in [6.07, 6.45) is 3.30. The number of aliphatic imine (C=N–C) groups is 2. The maximum Gasteiger partial charge on any atom is 0.145 e. The largest absolute Gasteiger partial charge is 0.507 e. The van der Waals surface area contributed by atoms with E-state index >= 15 is 0 Å². The van der Waals surface area contributed by atoms with Crippen molar-refractivity contribution in [3.63, 3.8) is 0 Å². The number of hydrogen-bond acceptors (Lipinski definition) is 7. The Morgan fingerprint density at radius 1 is 0.438 bits per heavy atom. The van der Waals surface area contributed by atoms with Crippen LogP contribution < -0.4 is 0 Å². The SMILES string of the molecule is CC(C)(C)c1cc2c(O)c(c1)-c1cc(C(C)(C)C)cc(c1O)Cn1c(nc3ccccc31)-c1cc(C(C)(C)C)cc(c1O)-c1cc(C(C)(C)C)cc(c1O)C=Nc1ccccc1N=C2. The van der Waals surface area contributed by atoms with Crippen LogP contribution in [0, 0.1) is 0 Å². The number of rotatable bonds is 0. The van der Waals surface area contributed by atoms with E-state index in [1.807, 2.05) is 102 Å². The van der Waals surface area contributed by atoms with E-state index in [-0.39, 0.29) is 51.2 Å². The highest BCUT2D eigenvalue weighted by atomic mass is 16.3. The standard InChI is InChI=1S/C56H60N4O4/c1-53(2,3)35-21-32-29-57-44-17-13-14-18-45(44)58-30-33-22-36(54(4,5)6)25-41(49(33)62)42-27-38(56(10,11)12)28-43(51(42)64)52-59-46-19-15-16-20-47(46)60(52)31-34-23-37(55(7,8)9)26-40(50(34)63)39(24-35)48(32)61/h13-30,61-64H,31H2,1-12H3. The molecule has 4 N–H and O–H groups in total. The smallest absolute Gasteiger partial charge is 0.145 e. The number of hydrogen-bond donors (Lipinski definition) is 4. The predicted molar refractivity (Wildman–Crippen MR) is 264 cm³/mol. The van der Waals surface area contributed by atoms with Gasteiger partial charge in [0.05, 0.1) is 34.5 Å². The molecule has 6 aromatic carbocycles. The Hall–Kier alpha value is -6.67. The Morgan fingerprint density at radius 2 is 0.828 bits per heavy atom. The molecule has 2 heterocycles. The van der Waals surface area contributed by atoms with Gasteiger partial charge in [-0.3, -0.25) is 9.98 Å². The van der Waals surface area contributed by atoms with Gasteiger partial charge in [-0.15, -0.1) is 0 Å². The summed E-state index contributed by atoms with van der Waals surface area (Å²) in [5.41, 5.74) is 9.01. The number of fused-ring (bicyclic) bond motifs is 15. The number of imidazole rings is 1. The molecule has 1 aromatic heterocycles. The molecule has 0 radical (unpaired) electrons. The molecule has 0 amide bonds. The van der Waals surface area contributed by atoms with E-state index in [1.54, 1.807) is 12.4 Å². The fraction of sp³-hybridized carbons (Fsp3) is 0.304. The Kier molecular flexibility index (Phi) is 10.7. The van der Waals surface area contributed by atoms with Crippen LogP contribution in [0.2, 0.25) is 0 Å². The van der Waals surface area contributed by atoms with Crippen molar-refractivity contribution in [1.82, 2.24) is 9.55 Å². The fourth-order valence-corrected chi connectivity index (χ4v) is 8.26. The first-order valence-corrected chi connectivity index (χ1v) is 22.0. The Bertz CT molecular complexity index is 3050. The van der Waals surface area contributed by atoms with Gasteiger partial charge >= 0.3 is 0 Å². The van der Waals surface area contributed by atoms with Gasteiger partial charge < -0.3 is 25.0 Å². The number of phenolic OH excluding ortho intramolecular Hbond substituents is 4. The number of benzene rings is 6. The van der Waals surface area contributed by atoms with Crippen molar-refractivity contribution in [2.24, 2.45) is 9.98 Å². The molecular formula is C56H60N4O4. The van der Waals surface area contributed by atoms with Gasteiger partial charge in [0.15, 0.2) is 0 Å². The number of aromatic nitrogens is 2. The summed E-state index contributed by atoms with van der Waals surface area (Å²) >= 11 is 0. The average Bonchev–Trinajstić information content (AvgIpc) is 3.57. The molecule has 8 rings (SSSR count). The van der Waals surface area contributed by atoms with Crippen molar-refractivity contribution in [2.45, 2.75) is 111 Å². The molecule has 0 unspecified atom stereocenters. The summed E-state index contributed by atoms with van der Waals surface area (Å²) in [7, 11) is 0. The molecule has 1 aliphatic heterocycles. The molecule has 328 valence electrons. The highest BCUT2D eigenvalue weighted by Crippen LogP contribution is 2.49. The molecule has 8 bridgehead atoms. The lowest BCUT2D eigenvalue weighted by Crippen LogP contribution is -2.14. The van der Waals surface area contributed by atoms with Crippen LogP contribution in [0.1, 0.15) is 122 Å². The van der Waals surface area contributed by atoms with Crippen LogP contribution >= 0.6 is 0 Å². The molecule has 0 saturated carbocycles. The molecular weight excluding hydrogens is 793 g/mol. The van der Waals surface area contributed by atoms with Crippen LogP contribution in [-0.4, -0.2) is 42.4 Å². The topological polar surface area (TPSA) is 123 Å². The number of aromatic hydroxyl groups is 4. The highest BCUT2D eigenvalue weighted by Gasteiger charge is 2.29. The molecule has 1 aliphatic rings. The zero-order valence-electron chi connectivity index (χ0n) is 39.2. The van der Waals surface area contributed by atoms with Gasteiger partial charge in [0, 0.05) is 51.4 Å². The summed E-state index contributed by atoms with van der Waals surface area (Å²) in [6, 6.07) is 31.1. The van der Waals surface area contributed by atoms with E-state index in [4.69, 9.17) is 15.0 Å². The first-order chi connectivity index (χ1) is 29.9. The second-order valence-electron chi connectivity index (χ2n) is 21.4. The van der Waals surface area contributed by atoms with Crippen LogP contribution in [-0.2, 0) is 28.2 Å². The highest BCUT2D eigenvalue weighted by molar-refractivity contribution is 5.96. The minimum atomic E-state index is -0.372. The summed E-state index contributed by atoms with van der Waals surface area (Å²) < 4.78 is 2.04. The third kappa shape index (κ3) is 8.18. The average molecular weight is 853 g/mol. The maximum absolute atomic E-state index is 12.7. The van der Waals surface area contributed by atoms with E-state index in [0.717, 1.165) is 33.3 Å². The van der Waals surface area contributed by atoms with E-state index < -0.39 is 0 Å². The zero-order chi connectivity index (χ0) is 46.3. The molecule has 64 heavy (non-hydrogen) atoms. The van der Waals surface area contributed by atoms with Crippen molar-refractivity contribution >= 4 is 34.8 Å². The minimum Gasteiger partial charge on any atom is -0.507 e. The van der Waals surface area contributed by atoms with Crippen molar-refractivity contribution in [3.8, 4) is 56.6 Å². The Labute approximate surface area is 377 Å². The zero-order valence-corrected chi connectivity index (χ0v) is 39.2. The second kappa shape index (κ2) is 15.5. The van der Waals surface area contributed by atoms with E-state index in [9.17, 15) is 20.4 Å². The molecule has 0 fully saturated rings. The van der Waals surface area contributed by atoms with Gasteiger partial charge in [-0.05, 0) is 117 Å². The molecule has 0 saturated heterocycles. The van der Waals surface area contributed by atoms with Crippen LogP contribution in [0.15, 0.2) is 107 Å². The minimum absolute atomic E-state index is 0.0161. The Balaban J connectivity index is 1.54.